The number of pyridine rings is 2. The predicted octanol–water partition coefficient (Wildman–Crippen LogP) is 2.77. The van der Waals surface area contributed by atoms with E-state index in [1.807, 2.05) is 0 Å². The fourth-order valence-electron chi connectivity index (χ4n) is 2.71. The summed E-state index contributed by atoms with van der Waals surface area (Å²) in [5.41, 5.74) is 0.388. The van der Waals surface area contributed by atoms with E-state index in [4.69, 9.17) is 4.74 Å². The molecule has 0 radical (unpaired) electrons. The normalized spacial score (nSPS) is 10.9. The van der Waals surface area contributed by atoms with Gasteiger partial charge in [-0.15, -0.1) is 0 Å². The standard InChI is InChI=1S/C19H17FN2O4/c1-3-26-19(25)15-16(23)14-9-4-11(2)21-17(14)22(18(15)24)10-12-5-7-13(20)8-6-12/h4-9,23H,3,10H2,1-2H3. The minimum atomic E-state index is -0.898. The fourth-order valence-corrected chi connectivity index (χ4v) is 2.71. The summed E-state index contributed by atoms with van der Waals surface area (Å²) in [6, 6.07) is 8.92. The number of aromatic hydroxyl groups is 1. The van der Waals surface area contributed by atoms with Gasteiger partial charge in [-0.05, 0) is 43.7 Å². The number of hydrogen-bond donors (Lipinski definition) is 1. The minimum Gasteiger partial charge on any atom is -0.506 e. The van der Waals surface area contributed by atoms with Crippen LogP contribution in [0.5, 0.6) is 5.75 Å². The molecule has 0 atom stereocenters. The second-order valence-corrected chi connectivity index (χ2v) is 5.79. The van der Waals surface area contributed by atoms with Crippen molar-refractivity contribution in [2.24, 2.45) is 0 Å². The first-order valence-corrected chi connectivity index (χ1v) is 8.07. The predicted molar refractivity (Wildman–Crippen MR) is 93.9 cm³/mol. The molecular formula is C19H17FN2O4. The Morgan fingerprint density at radius 1 is 1.23 bits per heavy atom. The lowest BCUT2D eigenvalue weighted by atomic mass is 10.1. The fraction of sp³-hybridized carbons (Fsp3) is 0.211. The zero-order valence-corrected chi connectivity index (χ0v) is 14.3. The molecule has 6 nitrogen and oxygen atoms in total. The number of aromatic nitrogens is 2. The molecule has 26 heavy (non-hydrogen) atoms. The van der Waals surface area contributed by atoms with E-state index in [1.165, 1.54) is 16.7 Å². The van der Waals surface area contributed by atoms with E-state index >= 15 is 0 Å². The third-order valence-corrected chi connectivity index (χ3v) is 3.95. The first kappa shape index (κ1) is 17.6. The zero-order valence-electron chi connectivity index (χ0n) is 14.3. The zero-order chi connectivity index (χ0) is 18.8. The summed E-state index contributed by atoms with van der Waals surface area (Å²) < 4.78 is 19.3. The van der Waals surface area contributed by atoms with Crippen molar-refractivity contribution >= 4 is 17.0 Å². The van der Waals surface area contributed by atoms with Gasteiger partial charge in [-0.25, -0.2) is 14.2 Å². The van der Waals surface area contributed by atoms with Crippen LogP contribution < -0.4 is 5.56 Å². The quantitative estimate of drug-likeness (QED) is 0.727. The number of esters is 1. The van der Waals surface area contributed by atoms with Gasteiger partial charge in [0.15, 0.2) is 5.56 Å². The summed E-state index contributed by atoms with van der Waals surface area (Å²) in [6.07, 6.45) is 0. The molecule has 0 saturated carbocycles. The first-order chi connectivity index (χ1) is 12.4. The van der Waals surface area contributed by atoms with E-state index in [0.717, 1.165) is 0 Å². The molecule has 3 rings (SSSR count). The van der Waals surface area contributed by atoms with Crippen LogP contribution >= 0.6 is 0 Å². The third-order valence-electron chi connectivity index (χ3n) is 3.95. The van der Waals surface area contributed by atoms with Crippen LogP contribution in [-0.2, 0) is 11.3 Å². The molecule has 1 aromatic carbocycles. The summed E-state index contributed by atoms with van der Waals surface area (Å²) >= 11 is 0. The molecule has 0 spiro atoms. The third kappa shape index (κ3) is 3.15. The molecule has 1 N–H and O–H groups in total. The molecule has 2 heterocycles. The Labute approximate surface area is 148 Å². The topological polar surface area (TPSA) is 81.4 Å². The molecule has 134 valence electrons. The molecule has 0 bridgehead atoms. The summed E-state index contributed by atoms with van der Waals surface area (Å²) in [6.45, 7) is 3.50. The van der Waals surface area contributed by atoms with Crippen LogP contribution in [0.2, 0.25) is 0 Å². The number of hydrogen-bond acceptors (Lipinski definition) is 5. The Morgan fingerprint density at radius 3 is 2.58 bits per heavy atom. The van der Waals surface area contributed by atoms with Gasteiger partial charge in [0.1, 0.15) is 17.2 Å². The van der Waals surface area contributed by atoms with Crippen molar-refractivity contribution < 1.29 is 19.0 Å². The number of benzene rings is 1. The molecule has 0 aliphatic carbocycles. The maximum absolute atomic E-state index is 13.1. The molecule has 0 amide bonds. The van der Waals surface area contributed by atoms with Crippen LogP contribution in [0.25, 0.3) is 11.0 Å². The first-order valence-electron chi connectivity index (χ1n) is 8.07. The summed E-state index contributed by atoms with van der Waals surface area (Å²) in [5, 5.41) is 10.7. The highest BCUT2D eigenvalue weighted by Gasteiger charge is 2.24. The molecule has 0 aliphatic heterocycles. The van der Waals surface area contributed by atoms with E-state index in [-0.39, 0.29) is 24.2 Å². The van der Waals surface area contributed by atoms with Gasteiger partial charge in [-0.3, -0.25) is 9.36 Å². The molecule has 0 fully saturated rings. The lowest BCUT2D eigenvalue weighted by Crippen LogP contribution is -2.29. The van der Waals surface area contributed by atoms with Gasteiger partial charge >= 0.3 is 5.97 Å². The van der Waals surface area contributed by atoms with Gasteiger partial charge in [0.25, 0.3) is 5.56 Å². The van der Waals surface area contributed by atoms with Gasteiger partial charge in [0, 0.05) is 5.69 Å². The molecule has 0 aliphatic rings. The molecule has 3 aromatic rings. The number of carbonyl (C=O) groups is 1. The van der Waals surface area contributed by atoms with E-state index in [9.17, 15) is 19.1 Å². The van der Waals surface area contributed by atoms with Gasteiger partial charge in [0.2, 0.25) is 0 Å². The highest BCUT2D eigenvalue weighted by molar-refractivity contribution is 5.98. The second-order valence-electron chi connectivity index (χ2n) is 5.79. The van der Waals surface area contributed by atoms with Crippen molar-refractivity contribution in [3.8, 4) is 5.75 Å². The maximum atomic E-state index is 13.1. The lowest BCUT2D eigenvalue weighted by Gasteiger charge is -2.14. The summed E-state index contributed by atoms with van der Waals surface area (Å²) in [4.78, 5) is 29.4. The Balaban J connectivity index is 2.27. The summed E-state index contributed by atoms with van der Waals surface area (Å²) in [7, 11) is 0. The van der Waals surface area contributed by atoms with Crippen molar-refractivity contribution in [2.45, 2.75) is 20.4 Å². The van der Waals surface area contributed by atoms with Gasteiger partial charge in [-0.1, -0.05) is 12.1 Å². The monoisotopic (exact) mass is 356 g/mol. The second kappa shape index (κ2) is 6.95. The molecule has 0 unspecified atom stereocenters. The highest BCUT2D eigenvalue weighted by atomic mass is 19.1. The van der Waals surface area contributed by atoms with Gasteiger partial charge in [0.05, 0.1) is 18.5 Å². The van der Waals surface area contributed by atoms with Crippen LogP contribution in [0, 0.1) is 12.7 Å². The average Bonchev–Trinajstić information content (AvgIpc) is 2.60. The van der Waals surface area contributed by atoms with Crippen molar-refractivity contribution in [3.63, 3.8) is 0 Å². The van der Waals surface area contributed by atoms with Crippen molar-refractivity contribution in [3.05, 3.63) is 69.4 Å². The molecule has 0 saturated heterocycles. The number of nitrogens with zero attached hydrogens (tertiary/aromatic N) is 2. The van der Waals surface area contributed by atoms with E-state index in [1.54, 1.807) is 38.1 Å². The van der Waals surface area contributed by atoms with Gasteiger partial charge in [-0.2, -0.15) is 0 Å². The smallest absolute Gasteiger partial charge is 0.347 e. The van der Waals surface area contributed by atoms with Crippen molar-refractivity contribution in [1.82, 2.24) is 9.55 Å². The van der Waals surface area contributed by atoms with Crippen LogP contribution in [0.1, 0.15) is 28.5 Å². The van der Waals surface area contributed by atoms with Crippen LogP contribution in [0.3, 0.4) is 0 Å². The number of aryl methyl sites for hydroxylation is 1. The van der Waals surface area contributed by atoms with E-state index < -0.39 is 28.7 Å². The van der Waals surface area contributed by atoms with Crippen LogP contribution in [-0.4, -0.2) is 27.2 Å². The molecular weight excluding hydrogens is 339 g/mol. The number of halogens is 1. The van der Waals surface area contributed by atoms with E-state index in [2.05, 4.69) is 4.98 Å². The lowest BCUT2D eigenvalue weighted by molar-refractivity contribution is 0.0520. The van der Waals surface area contributed by atoms with Gasteiger partial charge < -0.3 is 9.84 Å². The number of carbonyl (C=O) groups excluding carboxylic acids is 1. The average molecular weight is 356 g/mol. The van der Waals surface area contributed by atoms with Crippen LogP contribution in [0.4, 0.5) is 4.39 Å². The van der Waals surface area contributed by atoms with Crippen molar-refractivity contribution in [2.75, 3.05) is 6.61 Å². The maximum Gasteiger partial charge on any atom is 0.347 e. The Hall–Kier alpha value is -3.22. The number of fused-ring (bicyclic) bond motifs is 1. The number of rotatable bonds is 4. The summed E-state index contributed by atoms with van der Waals surface area (Å²) in [5.74, 6) is -1.74. The SMILES string of the molecule is CCOC(=O)c1c(O)c2ccc(C)nc2n(Cc2ccc(F)cc2)c1=O. The molecule has 7 heteroatoms. The van der Waals surface area contributed by atoms with Crippen LogP contribution in [0.15, 0.2) is 41.2 Å². The van der Waals surface area contributed by atoms with Crippen molar-refractivity contribution in [1.29, 1.82) is 0 Å². The number of ether oxygens (including phenoxy) is 1. The Morgan fingerprint density at radius 2 is 1.92 bits per heavy atom. The minimum absolute atomic E-state index is 0.0682. The molecule has 2 aromatic heterocycles. The Kier molecular flexibility index (Phi) is 4.71. The Bertz CT molecular complexity index is 1040. The largest absolute Gasteiger partial charge is 0.506 e. The highest BCUT2D eigenvalue weighted by Crippen LogP contribution is 2.26. The van der Waals surface area contributed by atoms with E-state index in [0.29, 0.717) is 11.3 Å².